The van der Waals surface area contributed by atoms with E-state index in [1.165, 1.54) is 22.9 Å². The molecule has 0 aromatic heterocycles. The van der Waals surface area contributed by atoms with Crippen LogP contribution in [0, 0.1) is 5.92 Å². The van der Waals surface area contributed by atoms with Crippen molar-refractivity contribution in [2.24, 2.45) is 5.92 Å². The maximum absolute atomic E-state index is 12.6. The van der Waals surface area contributed by atoms with Crippen LogP contribution in [0.15, 0.2) is 84.4 Å². The first-order valence-electron chi connectivity index (χ1n) is 10.5. The summed E-state index contributed by atoms with van der Waals surface area (Å²) in [6, 6.07) is 6.53. The summed E-state index contributed by atoms with van der Waals surface area (Å²) < 4.78 is 12.6. The number of allylic oxidation sites excluding steroid dienone is 6. The molecule has 1 aliphatic heterocycles. The highest BCUT2D eigenvalue weighted by molar-refractivity contribution is 5.65. The normalized spacial score (nSPS) is 14.0. The van der Waals surface area contributed by atoms with Gasteiger partial charge in [-0.3, -0.25) is 5.01 Å². The summed E-state index contributed by atoms with van der Waals surface area (Å²) in [6.07, 6.45) is 10.5. The SMILES string of the molecule is C=C=C(CC(/C=C\CF)=C/C=C)N(C)c1ccc2c(c1)CC(C(C)C)=CNN2CC. The Morgan fingerprint density at radius 3 is 2.77 bits per heavy atom. The van der Waals surface area contributed by atoms with Crippen molar-refractivity contribution in [3.8, 4) is 0 Å². The van der Waals surface area contributed by atoms with E-state index in [1.807, 2.05) is 13.1 Å². The molecule has 160 valence electrons. The molecule has 0 fully saturated rings. The number of fused-ring (bicyclic) bond motifs is 1. The molecule has 30 heavy (non-hydrogen) atoms. The Labute approximate surface area is 181 Å². The number of nitrogens with one attached hydrogen (secondary N) is 1. The number of nitrogens with zero attached hydrogens (tertiary/aromatic N) is 2. The van der Waals surface area contributed by atoms with Crippen LogP contribution >= 0.6 is 0 Å². The molecule has 0 amide bonds. The number of hydrazine groups is 1. The molecule has 3 nitrogen and oxygen atoms in total. The fraction of sp³-hybridized carbons (Fsp3) is 0.346. The van der Waals surface area contributed by atoms with Gasteiger partial charge in [-0.25, -0.2) is 4.39 Å². The molecule has 1 aliphatic rings. The van der Waals surface area contributed by atoms with Gasteiger partial charge in [0.2, 0.25) is 0 Å². The van der Waals surface area contributed by atoms with Gasteiger partial charge in [0.25, 0.3) is 0 Å². The molecule has 0 saturated carbocycles. The molecule has 1 N–H and O–H groups in total. The summed E-state index contributed by atoms with van der Waals surface area (Å²) in [5.41, 5.74) is 13.3. The van der Waals surface area contributed by atoms with Crippen LogP contribution in [0.2, 0.25) is 0 Å². The minimum atomic E-state index is -0.490. The summed E-state index contributed by atoms with van der Waals surface area (Å²) in [5.74, 6) is 0.473. The van der Waals surface area contributed by atoms with Crippen molar-refractivity contribution < 1.29 is 4.39 Å². The molecular formula is C26H34FN3. The van der Waals surface area contributed by atoms with Gasteiger partial charge in [0.15, 0.2) is 0 Å². The lowest BCUT2D eigenvalue weighted by Crippen LogP contribution is -2.34. The second-order valence-electron chi connectivity index (χ2n) is 7.63. The fourth-order valence-corrected chi connectivity index (χ4v) is 3.49. The van der Waals surface area contributed by atoms with Gasteiger partial charge >= 0.3 is 0 Å². The van der Waals surface area contributed by atoms with E-state index in [0.29, 0.717) is 12.3 Å². The Hall–Kier alpha value is -2.97. The molecule has 1 heterocycles. The van der Waals surface area contributed by atoms with E-state index in [1.54, 1.807) is 12.2 Å². The van der Waals surface area contributed by atoms with E-state index in [9.17, 15) is 4.39 Å². The Morgan fingerprint density at radius 2 is 2.17 bits per heavy atom. The highest BCUT2D eigenvalue weighted by Crippen LogP contribution is 2.32. The first kappa shape index (κ1) is 23.3. The summed E-state index contributed by atoms with van der Waals surface area (Å²) in [5, 5.41) is 2.17. The quantitative estimate of drug-likeness (QED) is 0.386. The maximum atomic E-state index is 12.6. The molecule has 0 bridgehead atoms. The first-order chi connectivity index (χ1) is 14.4. The molecular weight excluding hydrogens is 373 g/mol. The van der Waals surface area contributed by atoms with E-state index in [2.05, 4.69) is 79.4 Å². The van der Waals surface area contributed by atoms with Crippen molar-refractivity contribution in [3.05, 3.63) is 90.0 Å². The van der Waals surface area contributed by atoms with Crippen LogP contribution in [0.4, 0.5) is 15.8 Å². The topological polar surface area (TPSA) is 18.5 Å². The van der Waals surface area contributed by atoms with Crippen molar-refractivity contribution in [3.63, 3.8) is 0 Å². The van der Waals surface area contributed by atoms with Gasteiger partial charge < -0.3 is 10.3 Å². The average Bonchev–Trinajstić information content (AvgIpc) is 2.94. The van der Waals surface area contributed by atoms with Crippen LogP contribution in [-0.4, -0.2) is 20.3 Å². The predicted octanol–water partition coefficient (Wildman–Crippen LogP) is 6.25. The van der Waals surface area contributed by atoms with E-state index in [0.717, 1.165) is 29.9 Å². The molecule has 2 rings (SSSR count). The molecule has 4 heteroatoms. The van der Waals surface area contributed by atoms with Crippen LogP contribution < -0.4 is 15.3 Å². The summed E-state index contributed by atoms with van der Waals surface area (Å²) >= 11 is 0. The van der Waals surface area contributed by atoms with Crippen molar-refractivity contribution in [2.75, 3.05) is 30.2 Å². The van der Waals surface area contributed by atoms with E-state index in [-0.39, 0.29) is 0 Å². The summed E-state index contributed by atoms with van der Waals surface area (Å²) in [6.45, 7) is 14.6. The van der Waals surface area contributed by atoms with Crippen molar-refractivity contribution in [1.29, 1.82) is 0 Å². The van der Waals surface area contributed by atoms with Gasteiger partial charge in [-0.2, -0.15) is 0 Å². The minimum Gasteiger partial charge on any atom is -0.341 e. The number of rotatable bonds is 9. The van der Waals surface area contributed by atoms with Crippen LogP contribution in [0.3, 0.4) is 0 Å². The van der Waals surface area contributed by atoms with E-state index >= 15 is 0 Å². The lowest BCUT2D eigenvalue weighted by molar-refractivity contribution is 0.561. The van der Waals surface area contributed by atoms with Gasteiger partial charge in [-0.05, 0) is 54.2 Å². The molecule has 0 unspecified atom stereocenters. The summed E-state index contributed by atoms with van der Waals surface area (Å²) in [7, 11) is 2.02. The zero-order valence-corrected chi connectivity index (χ0v) is 18.7. The van der Waals surface area contributed by atoms with Gasteiger partial charge in [0, 0.05) is 31.9 Å². The Kier molecular flexibility index (Phi) is 8.76. The second kappa shape index (κ2) is 11.3. The van der Waals surface area contributed by atoms with E-state index in [4.69, 9.17) is 0 Å². The van der Waals surface area contributed by atoms with Crippen molar-refractivity contribution in [2.45, 2.75) is 33.6 Å². The molecule has 1 aromatic rings. The van der Waals surface area contributed by atoms with Gasteiger partial charge in [0.05, 0.1) is 11.4 Å². The molecule has 0 aliphatic carbocycles. The zero-order chi connectivity index (χ0) is 22.1. The Bertz CT molecular complexity index is 886. The lowest BCUT2D eigenvalue weighted by Gasteiger charge is -2.26. The standard InChI is InChI=1S/C26H34FN3/c1-7-11-21(12-10-15-27)16-24(8-2)29(6)25-13-14-26-22(18-25)17-23(20(4)5)19-28-30(26)9-3/h7,10-14,18-20,28H,1-2,9,15-17H2,3-6H3/b12-10-,21-11+. The third kappa shape index (κ3) is 5.77. The predicted molar refractivity (Wildman–Crippen MR) is 128 cm³/mol. The van der Waals surface area contributed by atoms with Crippen LogP contribution in [0.25, 0.3) is 0 Å². The Morgan fingerprint density at radius 1 is 1.40 bits per heavy atom. The molecule has 1 aromatic carbocycles. The second-order valence-corrected chi connectivity index (χ2v) is 7.63. The number of hydrogen-bond donors (Lipinski definition) is 1. The molecule has 0 spiro atoms. The molecule has 0 saturated heterocycles. The number of halogens is 1. The van der Waals surface area contributed by atoms with Crippen molar-refractivity contribution >= 4 is 11.4 Å². The van der Waals surface area contributed by atoms with Gasteiger partial charge in [-0.1, -0.05) is 51.3 Å². The fourth-order valence-electron chi connectivity index (χ4n) is 3.49. The Balaban J connectivity index is 2.36. The average molecular weight is 408 g/mol. The van der Waals surface area contributed by atoms with Crippen LogP contribution in [-0.2, 0) is 6.42 Å². The van der Waals surface area contributed by atoms with E-state index < -0.39 is 6.67 Å². The minimum absolute atomic E-state index is 0.473. The molecule has 0 radical (unpaired) electrons. The number of hydrogen-bond acceptors (Lipinski definition) is 3. The van der Waals surface area contributed by atoms with Gasteiger partial charge in [0.1, 0.15) is 6.67 Å². The smallest absolute Gasteiger partial charge is 0.108 e. The number of benzene rings is 1. The highest BCUT2D eigenvalue weighted by atomic mass is 19.1. The van der Waals surface area contributed by atoms with Crippen LogP contribution in [0.5, 0.6) is 0 Å². The third-order valence-electron chi connectivity index (χ3n) is 5.33. The summed E-state index contributed by atoms with van der Waals surface area (Å²) in [4.78, 5) is 2.10. The third-order valence-corrected chi connectivity index (χ3v) is 5.33. The number of anilines is 2. The van der Waals surface area contributed by atoms with Gasteiger partial charge in [-0.15, -0.1) is 5.73 Å². The lowest BCUT2D eigenvalue weighted by atomic mass is 9.95. The largest absolute Gasteiger partial charge is 0.341 e. The first-order valence-corrected chi connectivity index (χ1v) is 10.5. The van der Waals surface area contributed by atoms with Crippen molar-refractivity contribution in [1.82, 2.24) is 5.43 Å². The highest BCUT2D eigenvalue weighted by Gasteiger charge is 2.18. The van der Waals surface area contributed by atoms with Crippen LogP contribution in [0.1, 0.15) is 32.8 Å². The molecule has 0 atom stereocenters. The zero-order valence-electron chi connectivity index (χ0n) is 18.7. The maximum Gasteiger partial charge on any atom is 0.108 e. The number of alkyl halides is 1. The monoisotopic (exact) mass is 407 g/mol.